The molecule has 162 valence electrons. The third-order valence-electron chi connectivity index (χ3n) is 5.91. The summed E-state index contributed by atoms with van der Waals surface area (Å²) in [6.45, 7) is 5.30. The number of nitrogens with one attached hydrogen (secondary N) is 1. The molecule has 2 aliphatic rings. The number of nitrogens with zero attached hydrogens (tertiary/aromatic N) is 5. The zero-order valence-corrected chi connectivity index (χ0v) is 17.9. The van der Waals surface area contributed by atoms with Gasteiger partial charge in [0.05, 0.1) is 35.6 Å². The van der Waals surface area contributed by atoms with Crippen molar-refractivity contribution in [1.29, 1.82) is 0 Å². The first kappa shape index (κ1) is 18.7. The summed E-state index contributed by atoms with van der Waals surface area (Å²) in [5.41, 5.74) is 11.7. The van der Waals surface area contributed by atoms with Gasteiger partial charge < -0.3 is 15.2 Å². The summed E-state index contributed by atoms with van der Waals surface area (Å²) in [7, 11) is 0. The van der Waals surface area contributed by atoms with Gasteiger partial charge in [-0.1, -0.05) is 18.2 Å². The van der Waals surface area contributed by atoms with E-state index in [1.54, 1.807) is 0 Å². The molecule has 0 bridgehead atoms. The SMILES string of the molecule is Cc1nn(-c2ccccc2)c(C)c1C1N=C(N)Nc2nc3cc4c(cc3n21)OCCCO4. The van der Waals surface area contributed by atoms with Crippen LogP contribution in [0.5, 0.6) is 11.5 Å². The first-order valence-electron chi connectivity index (χ1n) is 10.6. The van der Waals surface area contributed by atoms with Gasteiger partial charge in [-0.3, -0.25) is 9.88 Å². The summed E-state index contributed by atoms with van der Waals surface area (Å²) in [4.78, 5) is 9.53. The van der Waals surface area contributed by atoms with E-state index in [9.17, 15) is 0 Å². The van der Waals surface area contributed by atoms with E-state index in [4.69, 9.17) is 30.3 Å². The third kappa shape index (κ3) is 2.81. The smallest absolute Gasteiger partial charge is 0.212 e. The molecule has 9 nitrogen and oxygen atoms in total. The Morgan fingerprint density at radius 2 is 1.81 bits per heavy atom. The van der Waals surface area contributed by atoms with E-state index in [2.05, 4.69) is 12.2 Å². The Hall–Kier alpha value is -4.01. The summed E-state index contributed by atoms with van der Waals surface area (Å²) in [5, 5.41) is 7.91. The van der Waals surface area contributed by atoms with E-state index < -0.39 is 6.17 Å². The number of aromatic nitrogens is 4. The molecule has 32 heavy (non-hydrogen) atoms. The molecule has 0 radical (unpaired) electrons. The Bertz CT molecular complexity index is 1370. The zero-order valence-electron chi connectivity index (χ0n) is 17.9. The monoisotopic (exact) mass is 429 g/mol. The lowest BCUT2D eigenvalue weighted by molar-refractivity contribution is 0.297. The van der Waals surface area contributed by atoms with Gasteiger partial charge >= 0.3 is 0 Å². The van der Waals surface area contributed by atoms with Gasteiger partial charge in [-0.2, -0.15) is 5.10 Å². The molecule has 0 amide bonds. The molecule has 1 unspecified atom stereocenters. The normalized spacial score (nSPS) is 17.4. The highest BCUT2D eigenvalue weighted by molar-refractivity contribution is 5.95. The van der Waals surface area contributed by atoms with Crippen LogP contribution < -0.4 is 20.5 Å². The van der Waals surface area contributed by atoms with Gasteiger partial charge in [0.1, 0.15) is 0 Å². The van der Waals surface area contributed by atoms with Crippen LogP contribution in [0.25, 0.3) is 16.7 Å². The summed E-state index contributed by atoms with van der Waals surface area (Å²) < 4.78 is 15.8. The number of rotatable bonds is 2. The van der Waals surface area contributed by atoms with E-state index in [0.29, 0.717) is 36.6 Å². The number of para-hydroxylation sites is 1. The minimum Gasteiger partial charge on any atom is -0.489 e. The number of guanidine groups is 1. The molecule has 1 atom stereocenters. The van der Waals surface area contributed by atoms with Crippen molar-refractivity contribution in [2.24, 2.45) is 10.7 Å². The number of ether oxygens (including phenoxy) is 2. The first-order chi connectivity index (χ1) is 15.6. The van der Waals surface area contributed by atoms with Crippen LogP contribution in [0.15, 0.2) is 47.5 Å². The molecule has 6 rings (SSSR count). The minimum absolute atomic E-state index is 0.318. The molecule has 2 aromatic carbocycles. The maximum atomic E-state index is 6.17. The standard InChI is InChI=1S/C23H23N7O2/c1-13-20(14(2)30(28-13)15-7-4-3-5-8-15)21-26-22(24)27-23-25-16-11-18-19(12-17(16)29(21)23)32-10-6-9-31-18/h3-5,7-8,11-12,21H,6,9-10H2,1-2H3,(H3,24,25,26,27). The summed E-state index contributed by atoms with van der Waals surface area (Å²) in [6.07, 6.45) is 0.443. The molecule has 0 fully saturated rings. The van der Waals surface area contributed by atoms with E-state index in [0.717, 1.165) is 40.1 Å². The number of hydrogen-bond donors (Lipinski definition) is 2. The molecule has 4 heterocycles. The lowest BCUT2D eigenvalue weighted by atomic mass is 10.1. The summed E-state index contributed by atoms with van der Waals surface area (Å²) in [5.74, 6) is 2.37. The topological polar surface area (TPSA) is 105 Å². The maximum Gasteiger partial charge on any atom is 0.212 e. The molecule has 0 spiro atoms. The lowest BCUT2D eigenvalue weighted by Gasteiger charge is -2.24. The zero-order chi connectivity index (χ0) is 21.8. The number of nitrogens with two attached hydrogens (primary N) is 1. The fourth-order valence-corrected chi connectivity index (χ4v) is 4.47. The highest BCUT2D eigenvalue weighted by Gasteiger charge is 2.31. The van der Waals surface area contributed by atoms with E-state index in [1.807, 2.05) is 58.6 Å². The van der Waals surface area contributed by atoms with Crippen molar-refractivity contribution in [3.8, 4) is 17.2 Å². The Labute approximate surface area is 184 Å². The highest BCUT2D eigenvalue weighted by Crippen LogP contribution is 2.40. The maximum absolute atomic E-state index is 6.17. The van der Waals surface area contributed by atoms with Crippen LogP contribution in [0, 0.1) is 13.8 Å². The molecule has 9 heteroatoms. The molecule has 4 aromatic rings. The van der Waals surface area contributed by atoms with Crippen LogP contribution in [0.4, 0.5) is 5.95 Å². The fraction of sp³-hybridized carbons (Fsp3) is 0.261. The number of aryl methyl sites for hydroxylation is 1. The van der Waals surface area contributed by atoms with Crippen molar-refractivity contribution in [3.05, 3.63) is 59.4 Å². The lowest BCUT2D eigenvalue weighted by Crippen LogP contribution is -2.31. The molecule has 2 aromatic heterocycles. The highest BCUT2D eigenvalue weighted by atomic mass is 16.5. The van der Waals surface area contributed by atoms with Gasteiger partial charge in [0.2, 0.25) is 5.95 Å². The average Bonchev–Trinajstić information content (AvgIpc) is 3.17. The Morgan fingerprint density at radius 3 is 2.59 bits per heavy atom. The Balaban J connectivity index is 1.55. The molecule has 0 saturated carbocycles. The molecule has 2 aliphatic heterocycles. The number of hydrogen-bond acceptors (Lipinski definition) is 7. The number of fused-ring (bicyclic) bond motifs is 4. The van der Waals surface area contributed by atoms with Gasteiger partial charge in [0.15, 0.2) is 23.6 Å². The second-order valence-corrected chi connectivity index (χ2v) is 7.99. The van der Waals surface area contributed by atoms with Crippen molar-refractivity contribution in [2.75, 3.05) is 18.5 Å². The van der Waals surface area contributed by atoms with Crippen LogP contribution in [0.2, 0.25) is 0 Å². The predicted molar refractivity (Wildman–Crippen MR) is 122 cm³/mol. The number of benzene rings is 2. The Morgan fingerprint density at radius 1 is 1.06 bits per heavy atom. The van der Waals surface area contributed by atoms with Crippen LogP contribution in [0.1, 0.15) is 29.5 Å². The quantitative estimate of drug-likeness (QED) is 0.507. The number of imidazole rings is 1. The van der Waals surface area contributed by atoms with Crippen molar-refractivity contribution in [3.63, 3.8) is 0 Å². The Kier molecular flexibility index (Phi) is 4.11. The van der Waals surface area contributed by atoms with Crippen LogP contribution >= 0.6 is 0 Å². The van der Waals surface area contributed by atoms with Gasteiger partial charge in [0.25, 0.3) is 0 Å². The minimum atomic E-state index is -0.404. The summed E-state index contributed by atoms with van der Waals surface area (Å²) in [6, 6.07) is 14.0. The van der Waals surface area contributed by atoms with Crippen LogP contribution in [0.3, 0.4) is 0 Å². The van der Waals surface area contributed by atoms with Gasteiger partial charge in [0, 0.05) is 29.8 Å². The predicted octanol–water partition coefficient (Wildman–Crippen LogP) is 3.29. The molecular formula is C23H23N7O2. The van der Waals surface area contributed by atoms with Gasteiger partial charge in [-0.05, 0) is 26.0 Å². The number of aliphatic imine (C=N–C) groups is 1. The summed E-state index contributed by atoms with van der Waals surface area (Å²) >= 11 is 0. The van der Waals surface area contributed by atoms with E-state index in [1.165, 1.54) is 0 Å². The molecular weight excluding hydrogens is 406 g/mol. The molecule has 0 saturated heterocycles. The van der Waals surface area contributed by atoms with E-state index in [-0.39, 0.29) is 0 Å². The third-order valence-corrected chi connectivity index (χ3v) is 5.91. The largest absolute Gasteiger partial charge is 0.489 e. The van der Waals surface area contributed by atoms with Gasteiger partial charge in [-0.15, -0.1) is 0 Å². The molecule has 0 aliphatic carbocycles. The number of anilines is 1. The van der Waals surface area contributed by atoms with Crippen LogP contribution in [-0.2, 0) is 0 Å². The van der Waals surface area contributed by atoms with Crippen molar-refractivity contribution < 1.29 is 9.47 Å². The van der Waals surface area contributed by atoms with Crippen LogP contribution in [-0.4, -0.2) is 38.5 Å². The fourth-order valence-electron chi connectivity index (χ4n) is 4.47. The second-order valence-electron chi connectivity index (χ2n) is 7.99. The molecule has 3 N–H and O–H groups in total. The van der Waals surface area contributed by atoms with Gasteiger partial charge in [-0.25, -0.2) is 14.7 Å². The second kappa shape index (κ2) is 7.01. The first-order valence-corrected chi connectivity index (χ1v) is 10.6. The van der Waals surface area contributed by atoms with E-state index >= 15 is 0 Å². The average molecular weight is 429 g/mol. The van der Waals surface area contributed by atoms with Crippen molar-refractivity contribution in [1.82, 2.24) is 19.3 Å². The van der Waals surface area contributed by atoms with Crippen molar-refractivity contribution in [2.45, 2.75) is 26.4 Å². The van der Waals surface area contributed by atoms with Crippen molar-refractivity contribution >= 4 is 22.9 Å².